The van der Waals surface area contributed by atoms with Crippen molar-refractivity contribution >= 4 is 6.01 Å². The van der Waals surface area contributed by atoms with Crippen molar-refractivity contribution in [1.29, 1.82) is 0 Å². The molecule has 2 rings (SSSR count). The van der Waals surface area contributed by atoms with Gasteiger partial charge < -0.3 is 9.84 Å². The highest BCUT2D eigenvalue weighted by atomic mass is 16.5. The lowest BCUT2D eigenvalue weighted by Crippen LogP contribution is -1.99. The molecule has 0 saturated carbocycles. The maximum absolute atomic E-state index is 5.08. The summed E-state index contributed by atoms with van der Waals surface area (Å²) in [6.45, 7) is 4.98. The Labute approximate surface area is 94.7 Å². The molecule has 0 aliphatic rings. The first-order chi connectivity index (χ1) is 7.79. The number of nitrogens with one attached hydrogen (secondary N) is 1. The lowest BCUT2D eigenvalue weighted by molar-refractivity contribution is 0.432. The van der Waals surface area contributed by atoms with Crippen LogP contribution in [-0.4, -0.2) is 16.7 Å². The average Bonchev–Trinajstić information content (AvgIpc) is 2.76. The van der Waals surface area contributed by atoms with Crippen molar-refractivity contribution in [2.75, 3.05) is 11.9 Å². The van der Waals surface area contributed by atoms with Crippen LogP contribution in [-0.2, 0) is 0 Å². The van der Waals surface area contributed by atoms with E-state index in [1.54, 1.807) is 0 Å². The topological polar surface area (TPSA) is 51.0 Å². The molecule has 0 spiro atoms. The van der Waals surface area contributed by atoms with Gasteiger partial charge in [-0.15, -0.1) is 0 Å². The predicted octanol–water partition coefficient (Wildman–Crippen LogP) is 2.87. The molecule has 0 aliphatic heterocycles. The molecule has 0 radical (unpaired) electrons. The maximum Gasteiger partial charge on any atom is 0.321 e. The Morgan fingerprint density at radius 3 is 2.69 bits per heavy atom. The Morgan fingerprint density at radius 2 is 2.00 bits per heavy atom. The number of rotatable bonds is 4. The Kier molecular flexibility index (Phi) is 3.19. The first-order valence-corrected chi connectivity index (χ1v) is 5.44. The highest BCUT2D eigenvalue weighted by Gasteiger charge is 2.06. The summed E-state index contributed by atoms with van der Waals surface area (Å²) in [6, 6.07) is 8.53. The summed E-state index contributed by atoms with van der Waals surface area (Å²) in [7, 11) is 0. The fourth-order valence-electron chi connectivity index (χ4n) is 1.35. The lowest BCUT2D eigenvalue weighted by Gasteiger charge is -1.95. The number of anilines is 1. The van der Waals surface area contributed by atoms with Gasteiger partial charge in [0.2, 0.25) is 5.82 Å². The normalized spacial score (nSPS) is 10.4. The van der Waals surface area contributed by atoms with E-state index in [1.165, 1.54) is 5.56 Å². The van der Waals surface area contributed by atoms with E-state index in [0.717, 1.165) is 18.5 Å². The number of hydrogen-bond acceptors (Lipinski definition) is 4. The van der Waals surface area contributed by atoms with Crippen molar-refractivity contribution in [3.05, 3.63) is 29.8 Å². The zero-order valence-electron chi connectivity index (χ0n) is 9.53. The van der Waals surface area contributed by atoms with Crippen molar-refractivity contribution in [3.8, 4) is 11.4 Å². The van der Waals surface area contributed by atoms with Gasteiger partial charge in [-0.2, -0.15) is 4.98 Å². The molecule has 0 saturated heterocycles. The SMILES string of the molecule is CCCNc1nc(-c2ccc(C)cc2)no1. The zero-order chi connectivity index (χ0) is 11.4. The van der Waals surface area contributed by atoms with E-state index < -0.39 is 0 Å². The van der Waals surface area contributed by atoms with Crippen LogP contribution >= 0.6 is 0 Å². The lowest BCUT2D eigenvalue weighted by atomic mass is 10.1. The van der Waals surface area contributed by atoms with Crippen LogP contribution in [0.1, 0.15) is 18.9 Å². The summed E-state index contributed by atoms with van der Waals surface area (Å²) in [5.41, 5.74) is 2.19. The van der Waals surface area contributed by atoms with E-state index in [9.17, 15) is 0 Å². The first kappa shape index (κ1) is 10.7. The highest BCUT2D eigenvalue weighted by Crippen LogP contribution is 2.17. The number of aromatic nitrogens is 2. The highest BCUT2D eigenvalue weighted by molar-refractivity contribution is 5.55. The third-order valence-corrected chi connectivity index (χ3v) is 2.26. The number of benzene rings is 1. The minimum atomic E-state index is 0.484. The molecule has 1 heterocycles. The van der Waals surface area contributed by atoms with Crippen LogP contribution in [0.4, 0.5) is 6.01 Å². The number of nitrogens with zero attached hydrogens (tertiary/aromatic N) is 2. The van der Waals surface area contributed by atoms with Gasteiger partial charge in [0.15, 0.2) is 0 Å². The molecule has 84 valence electrons. The smallest absolute Gasteiger partial charge is 0.321 e. The minimum absolute atomic E-state index is 0.484. The van der Waals surface area contributed by atoms with E-state index >= 15 is 0 Å². The molecule has 1 N–H and O–H groups in total. The molecule has 0 bridgehead atoms. The van der Waals surface area contributed by atoms with Crippen molar-refractivity contribution in [2.24, 2.45) is 0 Å². The maximum atomic E-state index is 5.08. The van der Waals surface area contributed by atoms with Gasteiger partial charge in [0.05, 0.1) is 0 Å². The molecular weight excluding hydrogens is 202 g/mol. The zero-order valence-corrected chi connectivity index (χ0v) is 9.53. The minimum Gasteiger partial charge on any atom is -0.338 e. The van der Waals surface area contributed by atoms with Gasteiger partial charge in [-0.05, 0) is 13.3 Å². The second kappa shape index (κ2) is 4.79. The van der Waals surface area contributed by atoms with Gasteiger partial charge in [0, 0.05) is 12.1 Å². The predicted molar refractivity (Wildman–Crippen MR) is 63.3 cm³/mol. The molecule has 4 nitrogen and oxygen atoms in total. The summed E-state index contributed by atoms with van der Waals surface area (Å²) in [5.74, 6) is 0.624. The molecule has 16 heavy (non-hydrogen) atoms. The molecule has 0 aliphatic carbocycles. The summed E-state index contributed by atoms with van der Waals surface area (Å²) < 4.78 is 5.08. The van der Waals surface area contributed by atoms with E-state index in [-0.39, 0.29) is 0 Å². The molecule has 0 amide bonds. The standard InChI is InChI=1S/C12H15N3O/c1-3-8-13-12-14-11(15-16-12)10-6-4-9(2)5-7-10/h4-7H,3,8H2,1-2H3,(H,13,14,15). The Balaban J connectivity index is 2.15. The third-order valence-electron chi connectivity index (χ3n) is 2.26. The largest absolute Gasteiger partial charge is 0.338 e. The molecular formula is C12H15N3O. The van der Waals surface area contributed by atoms with Gasteiger partial charge >= 0.3 is 6.01 Å². The van der Waals surface area contributed by atoms with Crippen LogP contribution in [0.2, 0.25) is 0 Å². The summed E-state index contributed by atoms with van der Waals surface area (Å²) in [5, 5.41) is 6.98. The third kappa shape index (κ3) is 2.39. The Hall–Kier alpha value is -1.84. The van der Waals surface area contributed by atoms with Crippen LogP contribution in [0.25, 0.3) is 11.4 Å². The van der Waals surface area contributed by atoms with Gasteiger partial charge in [-0.25, -0.2) is 0 Å². The molecule has 4 heteroatoms. The van der Waals surface area contributed by atoms with Crippen molar-refractivity contribution in [2.45, 2.75) is 20.3 Å². The number of hydrogen-bond donors (Lipinski definition) is 1. The van der Waals surface area contributed by atoms with E-state index in [1.807, 2.05) is 31.2 Å². The van der Waals surface area contributed by atoms with Crippen molar-refractivity contribution < 1.29 is 4.52 Å². The van der Waals surface area contributed by atoms with Gasteiger partial charge in [-0.1, -0.05) is 41.9 Å². The Bertz CT molecular complexity index is 448. The second-order valence-corrected chi connectivity index (χ2v) is 3.72. The summed E-state index contributed by atoms with van der Waals surface area (Å²) >= 11 is 0. The van der Waals surface area contributed by atoms with E-state index in [0.29, 0.717) is 11.8 Å². The van der Waals surface area contributed by atoms with Crippen LogP contribution in [0, 0.1) is 6.92 Å². The Morgan fingerprint density at radius 1 is 1.25 bits per heavy atom. The average molecular weight is 217 g/mol. The van der Waals surface area contributed by atoms with Crippen LogP contribution in [0.5, 0.6) is 0 Å². The monoisotopic (exact) mass is 217 g/mol. The van der Waals surface area contributed by atoms with Crippen molar-refractivity contribution in [1.82, 2.24) is 10.1 Å². The quantitative estimate of drug-likeness (QED) is 0.855. The first-order valence-electron chi connectivity index (χ1n) is 5.44. The van der Waals surface area contributed by atoms with E-state index in [4.69, 9.17) is 4.52 Å². The van der Waals surface area contributed by atoms with Crippen molar-refractivity contribution in [3.63, 3.8) is 0 Å². The molecule has 2 aromatic rings. The van der Waals surface area contributed by atoms with Gasteiger partial charge in [0.1, 0.15) is 0 Å². The van der Waals surface area contributed by atoms with Gasteiger partial charge in [-0.3, -0.25) is 0 Å². The molecule has 0 fully saturated rings. The molecule has 0 atom stereocenters. The van der Waals surface area contributed by atoms with Gasteiger partial charge in [0.25, 0.3) is 0 Å². The van der Waals surface area contributed by atoms with E-state index in [2.05, 4.69) is 22.4 Å². The molecule has 1 aromatic heterocycles. The summed E-state index contributed by atoms with van der Waals surface area (Å²) in [4.78, 5) is 4.26. The molecule has 0 unspecified atom stereocenters. The summed E-state index contributed by atoms with van der Waals surface area (Å²) in [6.07, 6.45) is 1.03. The van der Waals surface area contributed by atoms with Crippen LogP contribution in [0.3, 0.4) is 0 Å². The molecule has 1 aromatic carbocycles. The fraction of sp³-hybridized carbons (Fsp3) is 0.333. The second-order valence-electron chi connectivity index (χ2n) is 3.72. The fourth-order valence-corrected chi connectivity index (χ4v) is 1.35. The number of aryl methyl sites for hydroxylation is 1. The van der Waals surface area contributed by atoms with Crippen LogP contribution < -0.4 is 5.32 Å². The van der Waals surface area contributed by atoms with Crippen LogP contribution in [0.15, 0.2) is 28.8 Å².